The second-order valence-corrected chi connectivity index (χ2v) is 3.74. The number of Topliss-reactive ketones (excluding diaryl/α,β-unsaturated/α-hetero) is 1. The first-order chi connectivity index (χ1) is 7.95. The quantitative estimate of drug-likeness (QED) is 0.648. The Hall–Kier alpha value is -1.78. The van der Waals surface area contributed by atoms with E-state index < -0.39 is 28.9 Å². The summed E-state index contributed by atoms with van der Waals surface area (Å²) in [6.45, 7) is 3.55. The first-order valence-electron chi connectivity index (χ1n) is 5.26. The van der Waals surface area contributed by atoms with Gasteiger partial charge in [0, 0.05) is 6.04 Å². The largest absolute Gasteiger partial charge is 0.347 e. The highest BCUT2D eigenvalue weighted by Gasteiger charge is 2.21. The third kappa shape index (κ3) is 3.34. The van der Waals surface area contributed by atoms with E-state index in [1.807, 2.05) is 6.92 Å². The summed E-state index contributed by atoms with van der Waals surface area (Å²) < 4.78 is 26.1. The van der Waals surface area contributed by atoms with Crippen molar-refractivity contribution >= 4 is 11.7 Å². The van der Waals surface area contributed by atoms with Crippen molar-refractivity contribution in [1.29, 1.82) is 0 Å². The van der Waals surface area contributed by atoms with Crippen LogP contribution in [0.15, 0.2) is 18.2 Å². The van der Waals surface area contributed by atoms with Gasteiger partial charge in [-0.2, -0.15) is 0 Å². The smallest absolute Gasteiger partial charge is 0.292 e. The molecule has 0 spiro atoms. The Morgan fingerprint density at radius 1 is 1.35 bits per heavy atom. The van der Waals surface area contributed by atoms with Gasteiger partial charge in [0.1, 0.15) is 11.6 Å². The van der Waals surface area contributed by atoms with Crippen LogP contribution in [0.5, 0.6) is 0 Å². The van der Waals surface area contributed by atoms with Gasteiger partial charge in [0.15, 0.2) is 0 Å². The number of carbonyl (C=O) groups excluding carboxylic acids is 2. The van der Waals surface area contributed by atoms with Crippen LogP contribution in [0, 0.1) is 11.6 Å². The fraction of sp³-hybridized carbons (Fsp3) is 0.333. The van der Waals surface area contributed by atoms with E-state index in [1.165, 1.54) is 0 Å². The first-order valence-corrected chi connectivity index (χ1v) is 5.26. The summed E-state index contributed by atoms with van der Waals surface area (Å²) in [7, 11) is 0. The van der Waals surface area contributed by atoms with E-state index in [0.717, 1.165) is 12.1 Å². The zero-order valence-electron chi connectivity index (χ0n) is 9.59. The molecule has 1 aromatic carbocycles. The Kier molecular flexibility index (Phi) is 4.31. The van der Waals surface area contributed by atoms with Gasteiger partial charge in [-0.15, -0.1) is 0 Å². The van der Waals surface area contributed by atoms with Crippen molar-refractivity contribution in [3.63, 3.8) is 0 Å². The molecule has 0 bridgehead atoms. The van der Waals surface area contributed by atoms with Gasteiger partial charge in [-0.3, -0.25) is 9.59 Å². The number of amides is 1. The van der Waals surface area contributed by atoms with Crippen molar-refractivity contribution in [2.45, 2.75) is 26.3 Å². The number of hydrogen-bond acceptors (Lipinski definition) is 2. The Labute approximate surface area is 97.8 Å². The Morgan fingerprint density at radius 2 is 2.00 bits per heavy atom. The van der Waals surface area contributed by atoms with Crippen molar-refractivity contribution < 1.29 is 18.4 Å². The van der Waals surface area contributed by atoms with E-state index >= 15 is 0 Å². The lowest BCUT2D eigenvalue weighted by Crippen LogP contribution is -2.37. The van der Waals surface area contributed by atoms with Crippen LogP contribution in [0.25, 0.3) is 0 Å². The summed E-state index contributed by atoms with van der Waals surface area (Å²) in [5, 5.41) is 2.40. The normalized spacial score (nSPS) is 12.0. The summed E-state index contributed by atoms with van der Waals surface area (Å²) in [4.78, 5) is 23.0. The lowest BCUT2D eigenvalue weighted by Gasteiger charge is -2.10. The van der Waals surface area contributed by atoms with E-state index in [1.54, 1.807) is 6.92 Å². The average molecular weight is 241 g/mol. The standard InChI is InChI=1S/C12H13F2NO2/c1-3-7(2)15-12(17)11(16)9-6-8(13)4-5-10(9)14/h4-7H,3H2,1-2H3,(H,15,17). The molecule has 1 N–H and O–H groups in total. The number of ketones is 1. The van der Waals surface area contributed by atoms with Crippen molar-refractivity contribution in [3.8, 4) is 0 Å². The molecule has 1 rings (SSSR count). The van der Waals surface area contributed by atoms with Crippen molar-refractivity contribution in [2.24, 2.45) is 0 Å². The maximum Gasteiger partial charge on any atom is 0.292 e. The maximum atomic E-state index is 13.2. The molecular formula is C12H13F2NO2. The molecule has 1 amide bonds. The predicted octanol–water partition coefficient (Wildman–Crippen LogP) is 2.06. The Balaban J connectivity index is 2.89. The summed E-state index contributed by atoms with van der Waals surface area (Å²) in [5.74, 6) is -3.66. The number of rotatable bonds is 4. The lowest BCUT2D eigenvalue weighted by molar-refractivity contribution is -0.117. The Bertz CT molecular complexity index is 446. The van der Waals surface area contributed by atoms with Crippen molar-refractivity contribution in [3.05, 3.63) is 35.4 Å². The number of carbonyl (C=O) groups is 2. The summed E-state index contributed by atoms with van der Waals surface area (Å²) >= 11 is 0. The molecule has 3 nitrogen and oxygen atoms in total. The van der Waals surface area contributed by atoms with Crippen LogP contribution in [0.4, 0.5) is 8.78 Å². The van der Waals surface area contributed by atoms with Gasteiger partial charge in [-0.1, -0.05) is 6.92 Å². The molecule has 0 aliphatic heterocycles. The highest BCUT2D eigenvalue weighted by Crippen LogP contribution is 2.10. The van der Waals surface area contributed by atoms with E-state index in [2.05, 4.69) is 5.32 Å². The number of nitrogens with one attached hydrogen (secondary N) is 1. The summed E-state index contributed by atoms with van der Waals surface area (Å²) in [5.41, 5.74) is -0.550. The minimum absolute atomic E-state index is 0.192. The molecule has 5 heteroatoms. The SMILES string of the molecule is CCC(C)NC(=O)C(=O)c1cc(F)ccc1F. The van der Waals surface area contributed by atoms with Gasteiger partial charge in [0.2, 0.25) is 0 Å². The Morgan fingerprint density at radius 3 is 2.59 bits per heavy atom. The van der Waals surface area contributed by atoms with E-state index in [0.29, 0.717) is 12.5 Å². The average Bonchev–Trinajstić information content (AvgIpc) is 2.31. The van der Waals surface area contributed by atoms with E-state index in [4.69, 9.17) is 0 Å². The van der Waals surface area contributed by atoms with Gasteiger partial charge in [-0.05, 0) is 31.5 Å². The highest BCUT2D eigenvalue weighted by molar-refractivity contribution is 6.42. The van der Waals surface area contributed by atoms with Gasteiger partial charge in [-0.25, -0.2) is 8.78 Å². The van der Waals surface area contributed by atoms with Crippen LogP contribution in [0.1, 0.15) is 30.6 Å². The van der Waals surface area contributed by atoms with E-state index in [9.17, 15) is 18.4 Å². The molecule has 0 aliphatic carbocycles. The minimum atomic E-state index is -1.07. The zero-order chi connectivity index (χ0) is 13.0. The van der Waals surface area contributed by atoms with Gasteiger partial charge < -0.3 is 5.32 Å². The first kappa shape index (κ1) is 13.3. The third-order valence-corrected chi connectivity index (χ3v) is 2.37. The maximum absolute atomic E-state index is 13.2. The molecule has 0 saturated carbocycles. The molecule has 92 valence electrons. The zero-order valence-corrected chi connectivity index (χ0v) is 9.59. The van der Waals surface area contributed by atoms with Crippen LogP contribution in [0.3, 0.4) is 0 Å². The molecule has 17 heavy (non-hydrogen) atoms. The highest BCUT2D eigenvalue weighted by atomic mass is 19.1. The number of halogens is 2. The van der Waals surface area contributed by atoms with Crippen LogP contribution >= 0.6 is 0 Å². The molecule has 0 heterocycles. The predicted molar refractivity (Wildman–Crippen MR) is 58.6 cm³/mol. The van der Waals surface area contributed by atoms with Gasteiger partial charge in [0.05, 0.1) is 5.56 Å². The van der Waals surface area contributed by atoms with Crippen LogP contribution in [-0.2, 0) is 4.79 Å². The van der Waals surface area contributed by atoms with Crippen LogP contribution in [-0.4, -0.2) is 17.7 Å². The monoisotopic (exact) mass is 241 g/mol. The number of benzene rings is 1. The fourth-order valence-corrected chi connectivity index (χ4v) is 1.19. The topological polar surface area (TPSA) is 46.2 Å². The molecule has 1 unspecified atom stereocenters. The molecule has 1 aromatic rings. The van der Waals surface area contributed by atoms with E-state index in [-0.39, 0.29) is 6.04 Å². The van der Waals surface area contributed by atoms with Crippen molar-refractivity contribution in [1.82, 2.24) is 5.32 Å². The van der Waals surface area contributed by atoms with Crippen molar-refractivity contribution in [2.75, 3.05) is 0 Å². The second kappa shape index (κ2) is 5.52. The molecule has 0 aromatic heterocycles. The lowest BCUT2D eigenvalue weighted by atomic mass is 10.1. The third-order valence-electron chi connectivity index (χ3n) is 2.37. The fourth-order valence-electron chi connectivity index (χ4n) is 1.19. The molecule has 0 aliphatic rings. The summed E-state index contributed by atoms with van der Waals surface area (Å²) in [6.07, 6.45) is 0.644. The molecule has 0 fully saturated rings. The van der Waals surface area contributed by atoms with Gasteiger partial charge >= 0.3 is 0 Å². The molecular weight excluding hydrogens is 228 g/mol. The van der Waals surface area contributed by atoms with Gasteiger partial charge in [0.25, 0.3) is 11.7 Å². The minimum Gasteiger partial charge on any atom is -0.347 e. The second-order valence-electron chi connectivity index (χ2n) is 3.74. The molecule has 0 saturated heterocycles. The number of hydrogen-bond donors (Lipinski definition) is 1. The molecule has 0 radical (unpaired) electrons. The molecule has 1 atom stereocenters. The van der Waals surface area contributed by atoms with Crippen LogP contribution < -0.4 is 5.32 Å². The summed E-state index contributed by atoms with van der Waals surface area (Å²) in [6, 6.07) is 2.23. The van der Waals surface area contributed by atoms with Crippen LogP contribution in [0.2, 0.25) is 0 Å².